The minimum atomic E-state index is -4.54. The second-order valence-corrected chi connectivity index (χ2v) is 6.49. The summed E-state index contributed by atoms with van der Waals surface area (Å²) in [6, 6.07) is 2.67. The van der Waals surface area contributed by atoms with Crippen molar-refractivity contribution in [3.8, 4) is 0 Å². The van der Waals surface area contributed by atoms with Crippen molar-refractivity contribution in [3.63, 3.8) is 0 Å². The van der Waals surface area contributed by atoms with Gasteiger partial charge in [-0.25, -0.2) is 4.39 Å². The number of hydrogen-bond acceptors (Lipinski definition) is 3. The third-order valence-corrected chi connectivity index (χ3v) is 4.76. The number of carboxylic acid groups (broad SMARTS) is 1. The number of nitrogens with zero attached hydrogens (tertiary/aromatic N) is 1. The summed E-state index contributed by atoms with van der Waals surface area (Å²) in [5, 5.41) is 8.88. The highest BCUT2D eigenvalue weighted by Crippen LogP contribution is 2.31. The molecule has 1 aromatic carbocycles. The molecule has 0 aliphatic carbocycles. The Bertz CT molecular complexity index is 606. The van der Waals surface area contributed by atoms with Crippen LogP contribution >= 0.6 is 11.8 Å². The molecule has 1 fully saturated rings. The summed E-state index contributed by atoms with van der Waals surface area (Å²) in [7, 11) is 0. The van der Waals surface area contributed by atoms with E-state index in [9.17, 15) is 27.2 Å². The van der Waals surface area contributed by atoms with Gasteiger partial charge in [0, 0.05) is 18.1 Å². The number of carboxylic acids is 1. The first-order chi connectivity index (χ1) is 11.2. The Labute approximate surface area is 139 Å². The Morgan fingerprint density at radius 1 is 1.29 bits per heavy atom. The van der Waals surface area contributed by atoms with E-state index in [-0.39, 0.29) is 18.5 Å². The number of amides is 1. The molecule has 9 heteroatoms. The highest BCUT2D eigenvalue weighted by atomic mass is 32.2. The molecule has 0 aromatic heterocycles. The van der Waals surface area contributed by atoms with Crippen LogP contribution in [-0.2, 0) is 15.8 Å². The van der Waals surface area contributed by atoms with Crippen molar-refractivity contribution in [1.29, 1.82) is 0 Å². The molecular weight excluding hydrogens is 350 g/mol. The highest BCUT2D eigenvalue weighted by molar-refractivity contribution is 7.99. The van der Waals surface area contributed by atoms with Gasteiger partial charge in [-0.05, 0) is 17.7 Å². The molecule has 1 heterocycles. The molecule has 1 N–H and O–H groups in total. The van der Waals surface area contributed by atoms with Crippen molar-refractivity contribution < 1.29 is 32.3 Å². The maximum atomic E-state index is 14.4. The van der Waals surface area contributed by atoms with Crippen LogP contribution in [0.2, 0.25) is 0 Å². The number of rotatable bonds is 4. The third kappa shape index (κ3) is 4.40. The van der Waals surface area contributed by atoms with Crippen LogP contribution in [0.1, 0.15) is 23.7 Å². The number of halogens is 4. The Balaban J connectivity index is 2.14. The lowest BCUT2D eigenvalue weighted by atomic mass is 10.1. The van der Waals surface area contributed by atoms with Crippen LogP contribution in [0.5, 0.6) is 0 Å². The number of thioether (sulfide) groups is 1. The SMILES string of the molecule is O=C(O)CC1CSCCN1C(=O)C(F)c1ccc(C(F)(F)F)cc1. The maximum Gasteiger partial charge on any atom is 0.416 e. The molecule has 2 atom stereocenters. The van der Waals surface area contributed by atoms with Crippen LogP contribution in [0.15, 0.2) is 24.3 Å². The molecule has 0 bridgehead atoms. The minimum absolute atomic E-state index is 0.180. The second kappa shape index (κ2) is 7.42. The van der Waals surface area contributed by atoms with Gasteiger partial charge in [-0.2, -0.15) is 24.9 Å². The van der Waals surface area contributed by atoms with E-state index in [1.807, 2.05) is 0 Å². The normalized spacial score (nSPS) is 19.8. The summed E-state index contributed by atoms with van der Waals surface area (Å²) in [6.45, 7) is 0.211. The van der Waals surface area contributed by atoms with Gasteiger partial charge in [-0.1, -0.05) is 12.1 Å². The van der Waals surface area contributed by atoms with Crippen LogP contribution in [0.3, 0.4) is 0 Å². The fourth-order valence-electron chi connectivity index (χ4n) is 2.44. The van der Waals surface area contributed by atoms with E-state index in [1.165, 1.54) is 16.7 Å². The number of hydrogen-bond donors (Lipinski definition) is 1. The summed E-state index contributed by atoms with van der Waals surface area (Å²) in [6.07, 6.45) is -6.95. The van der Waals surface area contributed by atoms with Gasteiger partial charge < -0.3 is 10.0 Å². The summed E-state index contributed by atoms with van der Waals surface area (Å²) in [5.41, 5.74) is -1.11. The summed E-state index contributed by atoms with van der Waals surface area (Å²) in [4.78, 5) is 24.3. The van der Waals surface area contributed by atoms with Gasteiger partial charge in [-0.15, -0.1) is 0 Å². The molecule has 1 aromatic rings. The second-order valence-electron chi connectivity index (χ2n) is 5.34. The average molecular weight is 365 g/mol. The lowest BCUT2D eigenvalue weighted by molar-refractivity contribution is -0.142. The molecule has 1 aliphatic heterocycles. The van der Waals surface area contributed by atoms with E-state index in [0.717, 1.165) is 24.3 Å². The first-order valence-electron chi connectivity index (χ1n) is 7.11. The average Bonchev–Trinajstić information content (AvgIpc) is 2.53. The summed E-state index contributed by atoms with van der Waals surface area (Å²) < 4.78 is 52.0. The summed E-state index contributed by atoms with van der Waals surface area (Å²) >= 11 is 1.47. The van der Waals surface area contributed by atoms with Gasteiger partial charge in [0.15, 0.2) is 0 Å². The van der Waals surface area contributed by atoms with Gasteiger partial charge >= 0.3 is 12.1 Å². The van der Waals surface area contributed by atoms with E-state index in [0.29, 0.717) is 11.5 Å². The van der Waals surface area contributed by atoms with E-state index >= 15 is 0 Å². The lowest BCUT2D eigenvalue weighted by Crippen LogP contribution is -2.48. The van der Waals surface area contributed by atoms with Gasteiger partial charge in [0.1, 0.15) is 0 Å². The summed E-state index contributed by atoms with van der Waals surface area (Å²) in [5.74, 6) is -1.06. The topological polar surface area (TPSA) is 57.6 Å². The molecular formula is C15H15F4NO3S. The smallest absolute Gasteiger partial charge is 0.416 e. The molecule has 1 saturated heterocycles. The van der Waals surface area contributed by atoms with Crippen molar-refractivity contribution in [2.24, 2.45) is 0 Å². The van der Waals surface area contributed by atoms with Crippen molar-refractivity contribution in [2.75, 3.05) is 18.1 Å². The van der Waals surface area contributed by atoms with Crippen LogP contribution in [0.25, 0.3) is 0 Å². The molecule has 0 spiro atoms. The van der Waals surface area contributed by atoms with E-state index in [2.05, 4.69) is 0 Å². The number of benzene rings is 1. The fourth-order valence-corrected chi connectivity index (χ4v) is 3.51. The Morgan fingerprint density at radius 2 is 1.92 bits per heavy atom. The Morgan fingerprint density at radius 3 is 2.46 bits per heavy atom. The zero-order valence-electron chi connectivity index (χ0n) is 12.4. The van der Waals surface area contributed by atoms with E-state index < -0.39 is 35.8 Å². The predicted octanol–water partition coefficient (Wildman–Crippen LogP) is 3.13. The number of carbonyl (C=O) groups excluding carboxylic acids is 1. The van der Waals surface area contributed by atoms with Crippen molar-refractivity contribution in [3.05, 3.63) is 35.4 Å². The zero-order valence-corrected chi connectivity index (χ0v) is 13.2. The molecule has 1 aliphatic rings. The zero-order chi connectivity index (χ0) is 17.9. The first-order valence-corrected chi connectivity index (χ1v) is 8.27. The molecule has 0 radical (unpaired) electrons. The highest BCUT2D eigenvalue weighted by Gasteiger charge is 2.35. The van der Waals surface area contributed by atoms with Gasteiger partial charge in [0.2, 0.25) is 6.17 Å². The number of carbonyl (C=O) groups is 2. The van der Waals surface area contributed by atoms with Crippen LogP contribution in [0, 0.1) is 0 Å². The minimum Gasteiger partial charge on any atom is -0.481 e. The Kier molecular flexibility index (Phi) is 5.74. The van der Waals surface area contributed by atoms with E-state index in [4.69, 9.17) is 5.11 Å². The fraction of sp³-hybridized carbons (Fsp3) is 0.467. The largest absolute Gasteiger partial charge is 0.481 e. The van der Waals surface area contributed by atoms with Crippen molar-refractivity contribution in [1.82, 2.24) is 4.90 Å². The number of alkyl halides is 4. The predicted molar refractivity (Wildman–Crippen MR) is 80.4 cm³/mol. The Hall–Kier alpha value is -1.77. The van der Waals surface area contributed by atoms with Gasteiger partial charge in [-0.3, -0.25) is 9.59 Å². The molecule has 132 valence electrons. The van der Waals surface area contributed by atoms with Crippen LogP contribution in [-0.4, -0.2) is 46.0 Å². The monoisotopic (exact) mass is 365 g/mol. The third-order valence-electron chi connectivity index (χ3n) is 3.67. The lowest BCUT2D eigenvalue weighted by Gasteiger charge is -2.35. The quantitative estimate of drug-likeness (QED) is 0.833. The van der Waals surface area contributed by atoms with Crippen LogP contribution in [0.4, 0.5) is 17.6 Å². The van der Waals surface area contributed by atoms with Gasteiger partial charge in [0.25, 0.3) is 5.91 Å². The first kappa shape index (κ1) is 18.6. The van der Waals surface area contributed by atoms with Crippen LogP contribution < -0.4 is 0 Å². The molecule has 2 unspecified atom stereocenters. The molecule has 0 saturated carbocycles. The molecule has 24 heavy (non-hydrogen) atoms. The molecule has 2 rings (SSSR count). The van der Waals surface area contributed by atoms with Crippen molar-refractivity contribution in [2.45, 2.75) is 24.8 Å². The van der Waals surface area contributed by atoms with Crippen molar-refractivity contribution >= 4 is 23.6 Å². The molecule has 1 amide bonds. The maximum absolute atomic E-state index is 14.4. The molecule has 4 nitrogen and oxygen atoms in total. The van der Waals surface area contributed by atoms with Gasteiger partial charge in [0.05, 0.1) is 18.0 Å². The standard InChI is InChI=1S/C15H15F4NO3S/c16-13(9-1-3-10(4-2-9)15(17,18)19)14(23)20-5-6-24-8-11(20)7-12(21)22/h1-4,11,13H,5-8H2,(H,21,22). The van der Waals surface area contributed by atoms with E-state index in [1.54, 1.807) is 0 Å². The number of aliphatic carboxylic acids is 1.